The van der Waals surface area contributed by atoms with Crippen molar-refractivity contribution in [3.8, 4) is 0 Å². The van der Waals surface area contributed by atoms with Crippen LogP contribution in [0.25, 0.3) is 0 Å². The first-order chi connectivity index (χ1) is 6.40. The maximum Gasteiger partial charge on any atom is 0.0351 e. The maximum atomic E-state index is 5.72. The summed E-state index contributed by atoms with van der Waals surface area (Å²) >= 11 is 5.72. The molecule has 1 nitrogen and oxygen atoms in total. The zero-order valence-electron chi connectivity index (χ0n) is 7.67. The number of benzene rings is 1. The van der Waals surface area contributed by atoms with Crippen LogP contribution in [0, 0.1) is 0 Å². The highest BCUT2D eigenvalue weighted by Crippen LogP contribution is 2.17. The summed E-state index contributed by atoms with van der Waals surface area (Å²) in [6.45, 7) is 3.24. The molecule has 0 amide bonds. The predicted octanol–water partition coefficient (Wildman–Crippen LogP) is 2.28. The van der Waals surface area contributed by atoms with Crippen LogP contribution in [0.15, 0.2) is 24.3 Å². The number of alkyl halides is 1. The molecule has 0 bridgehead atoms. The molecule has 13 heavy (non-hydrogen) atoms. The van der Waals surface area contributed by atoms with Gasteiger partial charge < -0.3 is 0 Å². The van der Waals surface area contributed by atoms with Crippen LogP contribution in [0.1, 0.15) is 11.1 Å². The molecular weight excluding hydrogens is 182 g/mol. The van der Waals surface area contributed by atoms with Crippen molar-refractivity contribution < 1.29 is 0 Å². The molecule has 0 spiro atoms. The van der Waals surface area contributed by atoms with Crippen LogP contribution in [0.3, 0.4) is 0 Å². The Morgan fingerprint density at radius 3 is 2.77 bits per heavy atom. The first-order valence-corrected chi connectivity index (χ1v) is 5.28. The van der Waals surface area contributed by atoms with Gasteiger partial charge in [0.1, 0.15) is 0 Å². The Balaban J connectivity index is 2.11. The van der Waals surface area contributed by atoms with E-state index in [4.69, 9.17) is 11.6 Å². The van der Waals surface area contributed by atoms with Gasteiger partial charge in [0.15, 0.2) is 0 Å². The molecule has 1 aromatic carbocycles. The van der Waals surface area contributed by atoms with Crippen molar-refractivity contribution in [3.63, 3.8) is 0 Å². The van der Waals surface area contributed by atoms with E-state index in [1.807, 2.05) is 0 Å². The molecule has 70 valence electrons. The summed E-state index contributed by atoms with van der Waals surface area (Å²) in [4.78, 5) is 2.41. The summed E-state index contributed by atoms with van der Waals surface area (Å²) in [5.74, 6) is 0.738. The average Bonchev–Trinajstić information content (AvgIpc) is 2.18. The summed E-state index contributed by atoms with van der Waals surface area (Å²) in [5.41, 5.74) is 2.98. The molecule has 0 unspecified atom stereocenters. The van der Waals surface area contributed by atoms with Gasteiger partial charge in [0.05, 0.1) is 0 Å². The minimum atomic E-state index is 0.738. The average molecular weight is 196 g/mol. The standard InChI is InChI=1S/C11H14ClN/c12-6-8-13-7-5-10-3-1-2-4-11(10)9-13/h1-4H,5-9H2. The lowest BCUT2D eigenvalue weighted by atomic mass is 10.0. The molecule has 2 rings (SSSR count). The van der Waals surface area contributed by atoms with E-state index in [1.54, 1.807) is 0 Å². The lowest BCUT2D eigenvalue weighted by Gasteiger charge is -2.27. The van der Waals surface area contributed by atoms with E-state index < -0.39 is 0 Å². The number of rotatable bonds is 2. The van der Waals surface area contributed by atoms with Crippen molar-refractivity contribution in [3.05, 3.63) is 35.4 Å². The van der Waals surface area contributed by atoms with Gasteiger partial charge in [-0.2, -0.15) is 0 Å². The number of hydrogen-bond acceptors (Lipinski definition) is 1. The highest BCUT2D eigenvalue weighted by atomic mass is 35.5. The van der Waals surface area contributed by atoms with Crippen LogP contribution in [0.2, 0.25) is 0 Å². The van der Waals surface area contributed by atoms with Crippen molar-refractivity contribution in [2.45, 2.75) is 13.0 Å². The Hall–Kier alpha value is -0.530. The van der Waals surface area contributed by atoms with Crippen molar-refractivity contribution in [1.82, 2.24) is 4.90 Å². The number of halogens is 1. The van der Waals surface area contributed by atoms with Gasteiger partial charge in [-0.25, -0.2) is 0 Å². The van der Waals surface area contributed by atoms with Crippen LogP contribution in [0.4, 0.5) is 0 Å². The van der Waals surface area contributed by atoms with Gasteiger partial charge in [-0.1, -0.05) is 24.3 Å². The second kappa shape index (κ2) is 4.12. The highest BCUT2D eigenvalue weighted by Gasteiger charge is 2.14. The number of hydrogen-bond donors (Lipinski definition) is 0. The third-order valence-electron chi connectivity index (χ3n) is 2.61. The Morgan fingerprint density at radius 2 is 2.00 bits per heavy atom. The molecule has 1 aliphatic rings. The Labute approximate surface area is 84.3 Å². The number of fused-ring (bicyclic) bond motifs is 1. The summed E-state index contributed by atoms with van der Waals surface area (Å²) in [6.07, 6.45) is 1.17. The number of nitrogens with zero attached hydrogens (tertiary/aromatic N) is 1. The second-order valence-electron chi connectivity index (χ2n) is 3.48. The zero-order chi connectivity index (χ0) is 9.10. The quantitative estimate of drug-likeness (QED) is 0.655. The normalized spacial score (nSPS) is 17.0. The first kappa shape index (κ1) is 9.04. The van der Waals surface area contributed by atoms with Crippen molar-refractivity contribution in [2.75, 3.05) is 19.0 Å². The maximum absolute atomic E-state index is 5.72. The molecule has 0 fully saturated rings. The molecule has 0 atom stereocenters. The van der Waals surface area contributed by atoms with Crippen LogP contribution in [-0.4, -0.2) is 23.9 Å². The monoisotopic (exact) mass is 195 g/mol. The van der Waals surface area contributed by atoms with E-state index in [9.17, 15) is 0 Å². The Morgan fingerprint density at radius 1 is 1.23 bits per heavy atom. The molecule has 1 aromatic rings. The molecule has 2 heteroatoms. The summed E-state index contributed by atoms with van der Waals surface area (Å²) in [5, 5.41) is 0. The third kappa shape index (κ3) is 2.04. The van der Waals surface area contributed by atoms with Gasteiger partial charge >= 0.3 is 0 Å². The molecule has 1 aliphatic heterocycles. The summed E-state index contributed by atoms with van der Waals surface area (Å²) in [6, 6.07) is 8.68. The van der Waals surface area contributed by atoms with Crippen molar-refractivity contribution in [2.24, 2.45) is 0 Å². The van der Waals surface area contributed by atoms with E-state index >= 15 is 0 Å². The predicted molar refractivity (Wildman–Crippen MR) is 56.1 cm³/mol. The van der Waals surface area contributed by atoms with Crippen molar-refractivity contribution >= 4 is 11.6 Å². The molecule has 0 saturated heterocycles. The zero-order valence-corrected chi connectivity index (χ0v) is 8.43. The van der Waals surface area contributed by atoms with Crippen molar-refractivity contribution in [1.29, 1.82) is 0 Å². The van der Waals surface area contributed by atoms with Crippen LogP contribution < -0.4 is 0 Å². The molecule has 0 aromatic heterocycles. The van der Waals surface area contributed by atoms with Gasteiger partial charge in [0.25, 0.3) is 0 Å². The van der Waals surface area contributed by atoms with Gasteiger partial charge in [-0.15, -0.1) is 11.6 Å². The third-order valence-corrected chi connectivity index (χ3v) is 2.78. The lowest BCUT2D eigenvalue weighted by molar-refractivity contribution is 0.270. The first-order valence-electron chi connectivity index (χ1n) is 4.75. The summed E-state index contributed by atoms with van der Waals surface area (Å²) in [7, 11) is 0. The van der Waals surface area contributed by atoms with Gasteiger partial charge in [-0.05, 0) is 17.5 Å². The Bertz CT molecular complexity index is 285. The highest BCUT2D eigenvalue weighted by molar-refractivity contribution is 6.18. The van der Waals surface area contributed by atoms with E-state index in [0.29, 0.717) is 0 Å². The second-order valence-corrected chi connectivity index (χ2v) is 3.86. The topological polar surface area (TPSA) is 3.24 Å². The van der Waals surface area contributed by atoms with E-state index in [-0.39, 0.29) is 0 Å². The fourth-order valence-corrected chi connectivity index (χ4v) is 2.10. The minimum Gasteiger partial charge on any atom is -0.298 e. The smallest absolute Gasteiger partial charge is 0.0351 e. The largest absolute Gasteiger partial charge is 0.298 e. The van der Waals surface area contributed by atoms with Crippen LogP contribution in [0.5, 0.6) is 0 Å². The fourth-order valence-electron chi connectivity index (χ4n) is 1.86. The summed E-state index contributed by atoms with van der Waals surface area (Å²) < 4.78 is 0. The van der Waals surface area contributed by atoms with E-state index in [0.717, 1.165) is 25.5 Å². The fraction of sp³-hybridized carbons (Fsp3) is 0.455. The van der Waals surface area contributed by atoms with E-state index in [1.165, 1.54) is 17.5 Å². The Kier molecular flexibility index (Phi) is 2.87. The SMILES string of the molecule is ClCCN1CCc2ccccc2C1. The molecule has 0 radical (unpaired) electrons. The molecule has 0 aliphatic carbocycles. The minimum absolute atomic E-state index is 0.738. The van der Waals surface area contributed by atoms with Gasteiger partial charge in [0, 0.05) is 25.5 Å². The van der Waals surface area contributed by atoms with Gasteiger partial charge in [0.2, 0.25) is 0 Å². The molecule has 0 N–H and O–H groups in total. The molecular formula is C11H14ClN. The van der Waals surface area contributed by atoms with E-state index in [2.05, 4.69) is 29.2 Å². The van der Waals surface area contributed by atoms with Gasteiger partial charge in [-0.3, -0.25) is 4.90 Å². The lowest BCUT2D eigenvalue weighted by Crippen LogP contribution is -2.31. The molecule has 0 saturated carbocycles. The van der Waals surface area contributed by atoms with Crippen LogP contribution >= 0.6 is 11.6 Å². The van der Waals surface area contributed by atoms with Crippen LogP contribution in [-0.2, 0) is 13.0 Å². The molecule has 1 heterocycles.